The molecule has 0 heterocycles. The maximum Gasteiger partial charge on any atom is 0.296 e. The van der Waals surface area contributed by atoms with Crippen molar-refractivity contribution in [2.75, 3.05) is 11.5 Å². The normalized spacial score (nSPS) is 13.1. The number of nitrogens with zero attached hydrogens (tertiary/aromatic N) is 4. The number of azo groups is 2. The molecule has 0 aromatic heterocycles. The monoisotopic (exact) mass is 710 g/mol. The minimum absolute atomic E-state index is 0.147. The molecule has 6 aromatic carbocycles. The fourth-order valence-corrected chi connectivity index (χ4v) is 7.03. The topological polar surface area (TPSA) is 268 Å². The first-order valence-corrected chi connectivity index (χ1v) is 17.2. The van der Waals surface area contributed by atoms with Crippen molar-refractivity contribution in [2.24, 2.45) is 20.5 Å². The van der Waals surface area contributed by atoms with Crippen LogP contribution in [0.25, 0.3) is 32.7 Å². The molecule has 1 aliphatic carbocycles. The lowest BCUT2D eigenvalue weighted by Gasteiger charge is -2.09. The number of nitrogen functional groups attached to an aromatic ring is 2. The van der Waals surface area contributed by atoms with Crippen LogP contribution in [0.1, 0.15) is 15.9 Å². The predicted octanol–water partition coefficient (Wildman–Crippen LogP) is 7.10. The van der Waals surface area contributed by atoms with Gasteiger partial charge in [-0.25, -0.2) is 0 Å². The first-order chi connectivity index (χ1) is 23.6. The van der Waals surface area contributed by atoms with Gasteiger partial charge in [-0.2, -0.15) is 27.1 Å². The van der Waals surface area contributed by atoms with Crippen molar-refractivity contribution >= 4 is 81.7 Å². The van der Waals surface area contributed by atoms with Gasteiger partial charge in [-0.3, -0.25) is 13.9 Å². The lowest BCUT2D eigenvalue weighted by Crippen LogP contribution is -1.99. The van der Waals surface area contributed by atoms with Crippen LogP contribution in [-0.2, 0) is 20.2 Å². The lowest BCUT2D eigenvalue weighted by atomic mass is 10.0. The van der Waals surface area contributed by atoms with E-state index >= 15 is 0 Å². The van der Waals surface area contributed by atoms with E-state index in [0.29, 0.717) is 33.6 Å². The number of aromatic hydroxyl groups is 2. The number of phenols is 2. The van der Waals surface area contributed by atoms with Crippen molar-refractivity contribution < 1.29 is 40.9 Å². The summed E-state index contributed by atoms with van der Waals surface area (Å²) < 4.78 is 68.5. The molecule has 250 valence electrons. The molecule has 0 bridgehead atoms. The van der Waals surface area contributed by atoms with Gasteiger partial charge in [0, 0.05) is 33.3 Å². The van der Waals surface area contributed by atoms with Crippen LogP contribution in [0.2, 0.25) is 0 Å². The molecule has 8 N–H and O–H groups in total. The van der Waals surface area contributed by atoms with Gasteiger partial charge in [0.1, 0.15) is 21.2 Å². The molecule has 15 nitrogen and oxygen atoms in total. The second kappa shape index (κ2) is 11.4. The molecule has 17 heteroatoms. The van der Waals surface area contributed by atoms with E-state index in [4.69, 9.17) is 11.5 Å². The van der Waals surface area contributed by atoms with E-state index in [-0.39, 0.29) is 38.7 Å². The number of hydrogen-bond donors (Lipinski definition) is 6. The Morgan fingerprint density at radius 3 is 1.28 bits per heavy atom. The smallest absolute Gasteiger partial charge is 0.296 e. The minimum atomic E-state index is -4.86. The zero-order valence-electron chi connectivity index (χ0n) is 25.2. The Labute approximate surface area is 282 Å². The number of nitrogens with two attached hydrogens (primary N) is 2. The number of phenolic OH excluding ortho intramolecular Hbond substituents is 2. The number of anilines is 2. The van der Waals surface area contributed by atoms with Gasteiger partial charge in [0.05, 0.1) is 11.4 Å². The van der Waals surface area contributed by atoms with E-state index in [1.807, 2.05) is 0 Å². The summed E-state index contributed by atoms with van der Waals surface area (Å²) in [5.41, 5.74) is 12.8. The summed E-state index contributed by atoms with van der Waals surface area (Å²) in [7, 11) is -9.73. The lowest BCUT2D eigenvalue weighted by molar-refractivity contribution is 0.104. The molecule has 6 aromatic rings. The molecule has 1 aliphatic rings. The van der Waals surface area contributed by atoms with Crippen molar-refractivity contribution in [3.8, 4) is 22.6 Å². The summed E-state index contributed by atoms with van der Waals surface area (Å²) in [6, 6.07) is 19.8. The van der Waals surface area contributed by atoms with Gasteiger partial charge in [-0.1, -0.05) is 0 Å². The van der Waals surface area contributed by atoms with Gasteiger partial charge >= 0.3 is 0 Å². The fourth-order valence-electron chi connectivity index (χ4n) is 5.72. The number of ketones is 1. The van der Waals surface area contributed by atoms with Crippen molar-refractivity contribution in [1.29, 1.82) is 0 Å². The van der Waals surface area contributed by atoms with Gasteiger partial charge in [-0.05, 0) is 107 Å². The number of fused-ring (bicyclic) bond motifs is 5. The minimum Gasteiger partial charge on any atom is -0.505 e. The van der Waals surface area contributed by atoms with Crippen LogP contribution in [-0.4, -0.2) is 41.9 Å². The van der Waals surface area contributed by atoms with Crippen LogP contribution < -0.4 is 11.5 Å². The highest BCUT2D eigenvalue weighted by Gasteiger charge is 2.28. The quantitative estimate of drug-likeness (QED) is 0.0575. The van der Waals surface area contributed by atoms with Gasteiger partial charge in [0.2, 0.25) is 0 Å². The molecule has 0 unspecified atom stereocenters. The SMILES string of the molecule is Nc1ccc2c(O)c(N=Nc3ccc4c(c3)-c3cc(N=Nc5c(S(=O)(=O)O)cc6cc(N)ccc6c5O)ccc3C4=O)c(S(=O)(=O)O)cc2c1. The number of rotatable bonds is 6. The van der Waals surface area contributed by atoms with Crippen molar-refractivity contribution in [3.63, 3.8) is 0 Å². The average molecular weight is 711 g/mol. The average Bonchev–Trinajstić information content (AvgIpc) is 3.32. The van der Waals surface area contributed by atoms with E-state index < -0.39 is 52.9 Å². The molecule has 0 saturated carbocycles. The third-order valence-electron chi connectivity index (χ3n) is 8.02. The number of carbonyl (C=O) groups is 1. The standard InChI is InChI=1S/C33H22N6O9S2/c34-17-1-5-21-15(9-17)11-27(49(43,44)45)29(32(21)41)38-36-19-3-7-23-25(13-19)26-14-20(4-8-24(26)31(23)40)37-39-30-28(50(46,47)48)12-16-10-18(35)2-6-22(16)33(30)42/h1-14,41-42H,34-35H2,(H,43,44,45)(H,46,47,48). The zero-order chi connectivity index (χ0) is 35.7. The highest BCUT2D eigenvalue weighted by molar-refractivity contribution is 7.86. The first-order valence-electron chi connectivity index (χ1n) is 14.3. The van der Waals surface area contributed by atoms with Crippen molar-refractivity contribution in [2.45, 2.75) is 9.79 Å². The van der Waals surface area contributed by atoms with E-state index in [9.17, 15) is 40.9 Å². The third-order valence-corrected chi connectivity index (χ3v) is 9.76. The highest BCUT2D eigenvalue weighted by Crippen LogP contribution is 2.45. The summed E-state index contributed by atoms with van der Waals surface area (Å²) in [5.74, 6) is -1.44. The molecule has 0 atom stereocenters. The highest BCUT2D eigenvalue weighted by atomic mass is 32.2. The summed E-state index contributed by atoms with van der Waals surface area (Å²) in [6.45, 7) is 0. The zero-order valence-corrected chi connectivity index (χ0v) is 26.8. The van der Waals surface area contributed by atoms with Crippen LogP contribution in [0, 0.1) is 0 Å². The van der Waals surface area contributed by atoms with Crippen LogP contribution in [0.15, 0.2) is 115 Å². The maximum absolute atomic E-state index is 13.2. The maximum atomic E-state index is 13.2. The Kier molecular flexibility index (Phi) is 7.37. The predicted molar refractivity (Wildman–Crippen MR) is 183 cm³/mol. The van der Waals surface area contributed by atoms with Gasteiger partial charge in [-0.15, -0.1) is 10.2 Å². The molecule has 0 fully saturated rings. The van der Waals surface area contributed by atoms with E-state index in [1.54, 1.807) is 0 Å². The molecule has 0 radical (unpaired) electrons. The van der Waals surface area contributed by atoms with Crippen LogP contribution in [0.3, 0.4) is 0 Å². The van der Waals surface area contributed by atoms with E-state index in [2.05, 4.69) is 20.5 Å². The Morgan fingerprint density at radius 1 is 0.500 bits per heavy atom. The Bertz CT molecular complexity index is 2600. The third kappa shape index (κ3) is 5.55. The molecule has 50 heavy (non-hydrogen) atoms. The van der Waals surface area contributed by atoms with Gasteiger partial charge in [0.15, 0.2) is 17.3 Å². The van der Waals surface area contributed by atoms with Crippen LogP contribution >= 0.6 is 0 Å². The number of carbonyl (C=O) groups excluding carboxylic acids is 1. The molecule has 0 amide bonds. The second-order valence-corrected chi connectivity index (χ2v) is 14.0. The van der Waals surface area contributed by atoms with Crippen LogP contribution in [0.5, 0.6) is 11.5 Å². The summed E-state index contributed by atoms with van der Waals surface area (Å²) in [6.07, 6.45) is 0. The Morgan fingerprint density at radius 2 is 0.900 bits per heavy atom. The summed E-state index contributed by atoms with van der Waals surface area (Å²) in [4.78, 5) is 11.8. The summed E-state index contributed by atoms with van der Waals surface area (Å²) in [5, 5.41) is 38.7. The fraction of sp³-hybridized carbons (Fsp3) is 0. The second-order valence-electron chi connectivity index (χ2n) is 11.2. The Hall–Kier alpha value is -6.27. The van der Waals surface area contributed by atoms with Crippen molar-refractivity contribution in [3.05, 3.63) is 96.1 Å². The molecular formula is C33H22N6O9S2. The van der Waals surface area contributed by atoms with Gasteiger partial charge in [0.25, 0.3) is 20.2 Å². The molecule has 7 rings (SSSR count). The molecule has 0 saturated heterocycles. The van der Waals surface area contributed by atoms with E-state index in [1.165, 1.54) is 72.8 Å². The number of benzene rings is 6. The molecule has 0 aliphatic heterocycles. The largest absolute Gasteiger partial charge is 0.505 e. The molecule has 0 spiro atoms. The van der Waals surface area contributed by atoms with Crippen molar-refractivity contribution in [1.82, 2.24) is 0 Å². The van der Waals surface area contributed by atoms with Crippen LogP contribution in [0.4, 0.5) is 34.1 Å². The summed E-state index contributed by atoms with van der Waals surface area (Å²) >= 11 is 0. The Balaban J connectivity index is 1.28. The van der Waals surface area contributed by atoms with E-state index in [0.717, 1.165) is 12.1 Å². The van der Waals surface area contributed by atoms with Gasteiger partial charge < -0.3 is 21.7 Å². The first kappa shape index (κ1) is 32.3. The molecular weight excluding hydrogens is 689 g/mol. The number of hydrogen-bond acceptors (Lipinski definition) is 13.